The molecule has 1 aromatic carbocycles. The number of benzene rings is 1. The fourth-order valence-corrected chi connectivity index (χ4v) is 1.57. The zero-order chi connectivity index (χ0) is 13.5. The molecule has 0 fully saturated rings. The van der Waals surface area contributed by atoms with Crippen molar-refractivity contribution in [3.05, 3.63) is 40.5 Å². The number of rotatable bonds is 5. The first-order valence-electron chi connectivity index (χ1n) is 5.23. The molecule has 0 aliphatic rings. The number of carbonyl (C=O) groups is 2. The van der Waals surface area contributed by atoms with E-state index in [-0.39, 0.29) is 12.2 Å². The van der Waals surface area contributed by atoms with Crippen LogP contribution in [0.3, 0.4) is 0 Å². The van der Waals surface area contributed by atoms with E-state index < -0.39 is 11.9 Å². The molecule has 0 saturated heterocycles. The van der Waals surface area contributed by atoms with Crippen molar-refractivity contribution in [2.75, 3.05) is 11.9 Å². The number of carbonyl (C=O) groups excluding carboxylic acids is 2. The Morgan fingerprint density at radius 1 is 1.50 bits per heavy atom. The van der Waals surface area contributed by atoms with E-state index in [4.69, 9.17) is 10.5 Å². The van der Waals surface area contributed by atoms with E-state index >= 15 is 0 Å². The third kappa shape index (κ3) is 4.21. The predicted octanol–water partition coefficient (Wildman–Crippen LogP) is 1.79. The van der Waals surface area contributed by atoms with Crippen LogP contribution in [-0.2, 0) is 14.3 Å². The van der Waals surface area contributed by atoms with Gasteiger partial charge in [-0.3, -0.25) is 4.79 Å². The van der Waals surface area contributed by atoms with Crippen LogP contribution in [-0.4, -0.2) is 18.5 Å². The van der Waals surface area contributed by atoms with Gasteiger partial charge in [0.25, 0.3) is 5.91 Å². The predicted molar refractivity (Wildman–Crippen MR) is 71.7 cm³/mol. The Balaban J connectivity index is 2.84. The van der Waals surface area contributed by atoms with Gasteiger partial charge in [0.1, 0.15) is 5.57 Å². The third-order valence-corrected chi connectivity index (χ3v) is 2.46. The van der Waals surface area contributed by atoms with Crippen LogP contribution in [0.25, 0.3) is 0 Å². The van der Waals surface area contributed by atoms with Gasteiger partial charge in [-0.2, -0.15) is 0 Å². The average molecular weight is 313 g/mol. The van der Waals surface area contributed by atoms with Crippen molar-refractivity contribution in [2.45, 2.75) is 6.92 Å². The molecule has 1 amide bonds. The van der Waals surface area contributed by atoms with E-state index in [2.05, 4.69) is 21.2 Å². The molecular formula is C12H13BrN2O3. The van der Waals surface area contributed by atoms with Gasteiger partial charge in [-0.1, -0.05) is 22.0 Å². The van der Waals surface area contributed by atoms with Crippen LogP contribution in [0.2, 0.25) is 0 Å². The first-order chi connectivity index (χ1) is 8.54. The van der Waals surface area contributed by atoms with Crippen molar-refractivity contribution in [1.82, 2.24) is 0 Å². The molecule has 0 aromatic heterocycles. The van der Waals surface area contributed by atoms with Crippen LogP contribution < -0.4 is 11.1 Å². The normalized spacial score (nSPS) is 10.9. The first kappa shape index (κ1) is 14.2. The number of esters is 1. The highest BCUT2D eigenvalue weighted by atomic mass is 79.9. The van der Waals surface area contributed by atoms with Crippen LogP contribution in [0.4, 0.5) is 5.69 Å². The summed E-state index contributed by atoms with van der Waals surface area (Å²) >= 11 is 3.31. The lowest BCUT2D eigenvalue weighted by molar-refractivity contribution is -0.139. The fourth-order valence-electron chi connectivity index (χ4n) is 1.17. The summed E-state index contributed by atoms with van der Waals surface area (Å²) in [7, 11) is 0. The van der Waals surface area contributed by atoms with Gasteiger partial charge in [-0.25, -0.2) is 4.79 Å². The topological polar surface area (TPSA) is 81.4 Å². The molecule has 3 N–H and O–H groups in total. The molecule has 0 heterocycles. The van der Waals surface area contributed by atoms with Gasteiger partial charge in [0.2, 0.25) is 0 Å². The Morgan fingerprint density at radius 2 is 2.22 bits per heavy atom. The second kappa shape index (κ2) is 6.80. The van der Waals surface area contributed by atoms with Gasteiger partial charge in [0, 0.05) is 16.4 Å². The maximum absolute atomic E-state index is 11.4. The van der Waals surface area contributed by atoms with E-state index in [0.717, 1.165) is 4.47 Å². The van der Waals surface area contributed by atoms with Crippen LogP contribution >= 0.6 is 15.9 Å². The van der Waals surface area contributed by atoms with Crippen LogP contribution in [0.5, 0.6) is 0 Å². The average Bonchev–Trinajstić information content (AvgIpc) is 2.29. The van der Waals surface area contributed by atoms with E-state index in [1.54, 1.807) is 19.1 Å². The Hall–Kier alpha value is -1.82. The molecule has 0 radical (unpaired) electrons. The van der Waals surface area contributed by atoms with Crippen molar-refractivity contribution >= 4 is 33.5 Å². The maximum Gasteiger partial charge on any atom is 0.345 e. The molecule has 0 spiro atoms. The summed E-state index contributed by atoms with van der Waals surface area (Å²) < 4.78 is 5.59. The number of nitrogens with two attached hydrogens (primary N) is 1. The second-order valence-electron chi connectivity index (χ2n) is 3.30. The molecule has 6 heteroatoms. The molecule has 96 valence electrons. The number of halogens is 1. The Labute approximate surface area is 113 Å². The molecule has 0 unspecified atom stereocenters. The smallest absolute Gasteiger partial charge is 0.345 e. The summed E-state index contributed by atoms with van der Waals surface area (Å²) in [6, 6.07) is 7.25. The highest BCUT2D eigenvalue weighted by molar-refractivity contribution is 9.10. The minimum Gasteiger partial charge on any atom is -0.462 e. The molecule has 1 rings (SSSR count). The molecule has 0 aliphatic heterocycles. The lowest BCUT2D eigenvalue weighted by atomic mass is 10.2. The minimum absolute atomic E-state index is 0.181. The van der Waals surface area contributed by atoms with E-state index in [0.29, 0.717) is 5.69 Å². The molecule has 18 heavy (non-hydrogen) atoms. The van der Waals surface area contributed by atoms with Crippen molar-refractivity contribution in [3.8, 4) is 0 Å². The molecule has 1 aromatic rings. The van der Waals surface area contributed by atoms with E-state index in [1.807, 2.05) is 12.1 Å². The lowest BCUT2D eigenvalue weighted by Gasteiger charge is -2.05. The molecular weight excluding hydrogens is 300 g/mol. The second-order valence-corrected chi connectivity index (χ2v) is 4.21. The van der Waals surface area contributed by atoms with Crippen molar-refractivity contribution in [3.63, 3.8) is 0 Å². The van der Waals surface area contributed by atoms with Crippen molar-refractivity contribution in [1.29, 1.82) is 0 Å². The number of nitrogens with one attached hydrogen (secondary N) is 1. The molecule has 0 atom stereocenters. The molecule has 0 aliphatic carbocycles. The van der Waals surface area contributed by atoms with Crippen LogP contribution in [0.15, 0.2) is 40.5 Å². The third-order valence-electron chi connectivity index (χ3n) is 1.97. The highest BCUT2D eigenvalue weighted by Crippen LogP contribution is 2.15. The number of hydrogen-bond acceptors (Lipinski definition) is 4. The highest BCUT2D eigenvalue weighted by Gasteiger charge is 2.16. The standard InChI is InChI=1S/C12H13BrN2O3/c1-2-18-12(17)10(11(14)16)7-15-9-5-3-4-8(13)6-9/h3-7,15H,2H2,1H3,(H2,14,16). The zero-order valence-corrected chi connectivity index (χ0v) is 11.4. The van der Waals surface area contributed by atoms with E-state index in [1.165, 1.54) is 6.20 Å². The monoisotopic (exact) mass is 312 g/mol. The number of primary amides is 1. The van der Waals surface area contributed by atoms with Gasteiger partial charge in [-0.15, -0.1) is 0 Å². The molecule has 5 nitrogen and oxygen atoms in total. The summed E-state index contributed by atoms with van der Waals surface area (Å²) in [6.07, 6.45) is 1.24. The van der Waals surface area contributed by atoms with Gasteiger partial charge >= 0.3 is 5.97 Å². The number of hydrogen-bond donors (Lipinski definition) is 2. The SMILES string of the molecule is CCOC(=O)C(=CNc1cccc(Br)c1)C(N)=O. The zero-order valence-electron chi connectivity index (χ0n) is 9.77. The summed E-state index contributed by atoms with van der Waals surface area (Å²) in [4.78, 5) is 22.5. The van der Waals surface area contributed by atoms with Gasteiger partial charge < -0.3 is 15.8 Å². The van der Waals surface area contributed by atoms with Gasteiger partial charge in [-0.05, 0) is 25.1 Å². The fraction of sp³-hybridized carbons (Fsp3) is 0.167. The summed E-state index contributed by atoms with van der Waals surface area (Å²) in [6.45, 7) is 1.83. The van der Waals surface area contributed by atoms with Gasteiger partial charge in [0.15, 0.2) is 0 Å². The quantitative estimate of drug-likeness (QED) is 0.376. The van der Waals surface area contributed by atoms with Crippen LogP contribution in [0, 0.1) is 0 Å². The van der Waals surface area contributed by atoms with Crippen molar-refractivity contribution in [2.24, 2.45) is 5.73 Å². The lowest BCUT2D eigenvalue weighted by Crippen LogP contribution is -2.23. The minimum atomic E-state index is -0.837. The van der Waals surface area contributed by atoms with Crippen molar-refractivity contribution < 1.29 is 14.3 Å². The number of amides is 1. The summed E-state index contributed by atoms with van der Waals surface area (Å²) in [5.74, 6) is -1.58. The maximum atomic E-state index is 11.4. The Morgan fingerprint density at radius 3 is 2.78 bits per heavy atom. The first-order valence-corrected chi connectivity index (χ1v) is 6.03. The largest absolute Gasteiger partial charge is 0.462 e. The number of ether oxygens (including phenoxy) is 1. The number of anilines is 1. The Bertz CT molecular complexity index is 486. The summed E-state index contributed by atoms with van der Waals surface area (Å²) in [5, 5.41) is 2.81. The van der Waals surface area contributed by atoms with E-state index in [9.17, 15) is 9.59 Å². The van der Waals surface area contributed by atoms with Gasteiger partial charge in [0.05, 0.1) is 6.61 Å². The Kier molecular flexibility index (Phi) is 5.38. The summed E-state index contributed by atoms with van der Waals surface area (Å²) in [5.41, 5.74) is 5.59. The molecule has 0 bridgehead atoms. The molecule has 0 saturated carbocycles. The van der Waals surface area contributed by atoms with Crippen LogP contribution in [0.1, 0.15) is 6.92 Å².